The van der Waals surface area contributed by atoms with Gasteiger partial charge in [0.05, 0.1) is 12.0 Å². The van der Waals surface area contributed by atoms with Gasteiger partial charge in [-0.05, 0) is 12.5 Å². The maximum atomic E-state index is 11.6. The van der Waals surface area contributed by atoms with Crippen molar-refractivity contribution in [2.45, 2.75) is 19.4 Å². The molecule has 2 atom stereocenters. The lowest BCUT2D eigenvalue weighted by atomic mass is 9.93. The average molecular weight is 233 g/mol. The summed E-state index contributed by atoms with van der Waals surface area (Å²) in [5.41, 5.74) is 2.00. The Kier molecular flexibility index (Phi) is 2.88. The third-order valence-corrected chi connectivity index (χ3v) is 3.32. The van der Waals surface area contributed by atoms with E-state index in [1.807, 2.05) is 31.2 Å². The fraction of sp³-hybridized carbons (Fsp3) is 0.385. The van der Waals surface area contributed by atoms with Crippen LogP contribution in [0.5, 0.6) is 0 Å². The van der Waals surface area contributed by atoms with Crippen LogP contribution in [0, 0.1) is 12.8 Å². The fourth-order valence-corrected chi connectivity index (χ4v) is 2.31. The van der Waals surface area contributed by atoms with E-state index >= 15 is 0 Å². The number of hydrogen-bond donors (Lipinski definition) is 1. The first kappa shape index (κ1) is 11.6. The molecule has 1 aromatic rings. The molecule has 1 aliphatic rings. The highest BCUT2D eigenvalue weighted by Gasteiger charge is 2.42. The van der Waals surface area contributed by atoms with E-state index in [4.69, 9.17) is 5.11 Å². The van der Waals surface area contributed by atoms with E-state index in [1.54, 1.807) is 7.05 Å². The molecular formula is C13H15NO3. The number of likely N-dealkylation sites (tertiary alicyclic amines) is 1. The number of carboxylic acids is 1. The molecular weight excluding hydrogens is 218 g/mol. The van der Waals surface area contributed by atoms with Gasteiger partial charge in [-0.15, -0.1) is 0 Å². The van der Waals surface area contributed by atoms with Crippen LogP contribution in [0.3, 0.4) is 0 Å². The number of hydrogen-bond acceptors (Lipinski definition) is 2. The van der Waals surface area contributed by atoms with Gasteiger partial charge in [0.1, 0.15) is 0 Å². The Bertz CT molecular complexity index is 452. The van der Waals surface area contributed by atoms with Crippen molar-refractivity contribution in [2.75, 3.05) is 7.05 Å². The molecule has 0 bridgehead atoms. The van der Waals surface area contributed by atoms with Gasteiger partial charge in [-0.3, -0.25) is 9.59 Å². The summed E-state index contributed by atoms with van der Waals surface area (Å²) in [7, 11) is 1.66. The second-order valence-corrected chi connectivity index (χ2v) is 4.51. The zero-order chi connectivity index (χ0) is 12.6. The molecule has 1 fully saturated rings. The van der Waals surface area contributed by atoms with Gasteiger partial charge in [0.15, 0.2) is 0 Å². The topological polar surface area (TPSA) is 57.6 Å². The van der Waals surface area contributed by atoms with Gasteiger partial charge in [0, 0.05) is 13.5 Å². The molecule has 4 nitrogen and oxygen atoms in total. The van der Waals surface area contributed by atoms with E-state index in [0.717, 1.165) is 11.1 Å². The molecule has 1 aliphatic heterocycles. The van der Waals surface area contributed by atoms with Crippen molar-refractivity contribution in [3.8, 4) is 0 Å². The summed E-state index contributed by atoms with van der Waals surface area (Å²) in [4.78, 5) is 24.3. The van der Waals surface area contributed by atoms with E-state index in [1.165, 1.54) is 4.90 Å². The highest BCUT2D eigenvalue weighted by molar-refractivity contribution is 5.87. The van der Waals surface area contributed by atoms with E-state index in [2.05, 4.69) is 0 Å². The Morgan fingerprint density at radius 3 is 2.47 bits per heavy atom. The van der Waals surface area contributed by atoms with Crippen molar-refractivity contribution in [1.29, 1.82) is 0 Å². The second-order valence-electron chi connectivity index (χ2n) is 4.51. The summed E-state index contributed by atoms with van der Waals surface area (Å²) in [5.74, 6) is -1.66. The van der Waals surface area contributed by atoms with Gasteiger partial charge in [0.25, 0.3) is 0 Å². The van der Waals surface area contributed by atoms with Crippen molar-refractivity contribution < 1.29 is 14.7 Å². The molecule has 0 radical (unpaired) electrons. The van der Waals surface area contributed by atoms with E-state index in [-0.39, 0.29) is 18.4 Å². The molecule has 90 valence electrons. The molecule has 0 saturated carbocycles. The van der Waals surface area contributed by atoms with E-state index < -0.39 is 11.9 Å². The SMILES string of the molecule is Cc1ccc(C2C(C(=O)O)CC(=O)N2C)cc1. The Morgan fingerprint density at radius 1 is 1.35 bits per heavy atom. The number of rotatable bonds is 2. The van der Waals surface area contributed by atoms with Crippen molar-refractivity contribution in [1.82, 2.24) is 4.90 Å². The molecule has 1 aromatic carbocycles. The molecule has 0 aromatic heterocycles. The number of carbonyl (C=O) groups is 2. The van der Waals surface area contributed by atoms with Crippen LogP contribution in [0.2, 0.25) is 0 Å². The maximum absolute atomic E-state index is 11.6. The third kappa shape index (κ3) is 2.02. The van der Waals surface area contributed by atoms with Crippen molar-refractivity contribution in [3.63, 3.8) is 0 Å². The van der Waals surface area contributed by atoms with Crippen LogP contribution in [-0.2, 0) is 9.59 Å². The third-order valence-electron chi connectivity index (χ3n) is 3.32. The average Bonchev–Trinajstić information content (AvgIpc) is 2.57. The monoisotopic (exact) mass is 233 g/mol. The molecule has 1 saturated heterocycles. The quantitative estimate of drug-likeness (QED) is 0.844. The van der Waals surface area contributed by atoms with Crippen LogP contribution in [0.1, 0.15) is 23.6 Å². The normalized spacial score (nSPS) is 24.1. The standard InChI is InChI=1S/C13H15NO3/c1-8-3-5-9(6-4-8)12-10(13(16)17)7-11(15)14(12)2/h3-6,10,12H,7H2,1-2H3,(H,16,17). The molecule has 0 aliphatic carbocycles. The highest BCUT2D eigenvalue weighted by Crippen LogP contribution is 2.36. The summed E-state index contributed by atoms with van der Waals surface area (Å²) in [5, 5.41) is 9.16. The molecule has 17 heavy (non-hydrogen) atoms. The van der Waals surface area contributed by atoms with Crippen LogP contribution >= 0.6 is 0 Å². The van der Waals surface area contributed by atoms with Gasteiger partial charge >= 0.3 is 5.97 Å². The fourth-order valence-electron chi connectivity index (χ4n) is 2.31. The van der Waals surface area contributed by atoms with Gasteiger partial charge in [-0.1, -0.05) is 29.8 Å². The molecule has 1 N–H and O–H groups in total. The predicted molar refractivity (Wildman–Crippen MR) is 62.4 cm³/mol. The Hall–Kier alpha value is -1.84. The summed E-state index contributed by atoms with van der Waals surface area (Å²) in [6.07, 6.45) is 0.0877. The number of carbonyl (C=O) groups excluding carboxylic acids is 1. The molecule has 2 rings (SSSR count). The van der Waals surface area contributed by atoms with Crippen molar-refractivity contribution in [3.05, 3.63) is 35.4 Å². The van der Waals surface area contributed by atoms with Crippen molar-refractivity contribution >= 4 is 11.9 Å². The number of aliphatic carboxylic acids is 1. The molecule has 0 spiro atoms. The maximum Gasteiger partial charge on any atom is 0.309 e. The Morgan fingerprint density at radius 2 is 1.94 bits per heavy atom. The van der Waals surface area contributed by atoms with Gasteiger partial charge in [-0.2, -0.15) is 0 Å². The summed E-state index contributed by atoms with van der Waals surface area (Å²) in [6.45, 7) is 1.97. The summed E-state index contributed by atoms with van der Waals surface area (Å²) < 4.78 is 0. The number of benzene rings is 1. The molecule has 2 unspecified atom stereocenters. The zero-order valence-corrected chi connectivity index (χ0v) is 9.88. The highest BCUT2D eigenvalue weighted by atomic mass is 16.4. The first-order valence-electron chi connectivity index (χ1n) is 5.55. The lowest BCUT2D eigenvalue weighted by molar-refractivity contribution is -0.142. The Labute approximate surface area is 99.9 Å². The lowest BCUT2D eigenvalue weighted by Gasteiger charge is -2.23. The van der Waals surface area contributed by atoms with Crippen LogP contribution in [-0.4, -0.2) is 28.9 Å². The first-order chi connectivity index (χ1) is 8.00. The zero-order valence-electron chi connectivity index (χ0n) is 9.88. The van der Waals surface area contributed by atoms with E-state index in [9.17, 15) is 9.59 Å². The number of amides is 1. The second kappa shape index (κ2) is 4.20. The van der Waals surface area contributed by atoms with Gasteiger partial charge in [0.2, 0.25) is 5.91 Å². The summed E-state index contributed by atoms with van der Waals surface area (Å²) >= 11 is 0. The Balaban J connectivity index is 2.37. The number of nitrogens with zero attached hydrogens (tertiary/aromatic N) is 1. The van der Waals surface area contributed by atoms with Crippen LogP contribution < -0.4 is 0 Å². The number of carboxylic acid groups (broad SMARTS) is 1. The molecule has 4 heteroatoms. The lowest BCUT2D eigenvalue weighted by Crippen LogP contribution is -2.26. The minimum atomic E-state index is -0.909. The van der Waals surface area contributed by atoms with E-state index in [0.29, 0.717) is 0 Å². The molecule has 1 heterocycles. The minimum Gasteiger partial charge on any atom is -0.481 e. The van der Waals surface area contributed by atoms with Crippen LogP contribution in [0.4, 0.5) is 0 Å². The summed E-state index contributed by atoms with van der Waals surface area (Å²) in [6, 6.07) is 7.31. The minimum absolute atomic E-state index is 0.0877. The van der Waals surface area contributed by atoms with Crippen LogP contribution in [0.15, 0.2) is 24.3 Å². The largest absolute Gasteiger partial charge is 0.481 e. The van der Waals surface area contributed by atoms with Crippen LogP contribution in [0.25, 0.3) is 0 Å². The van der Waals surface area contributed by atoms with Crippen molar-refractivity contribution in [2.24, 2.45) is 5.92 Å². The first-order valence-corrected chi connectivity index (χ1v) is 5.55. The smallest absolute Gasteiger partial charge is 0.309 e. The van der Waals surface area contributed by atoms with Gasteiger partial charge < -0.3 is 10.0 Å². The number of aryl methyl sites for hydroxylation is 1. The predicted octanol–water partition coefficient (Wildman–Crippen LogP) is 1.60. The van der Waals surface area contributed by atoms with Gasteiger partial charge in [-0.25, -0.2) is 0 Å². The molecule has 1 amide bonds.